The van der Waals surface area contributed by atoms with E-state index in [-0.39, 0.29) is 0 Å². The van der Waals surface area contributed by atoms with E-state index in [1.54, 1.807) is 0 Å². The molecule has 0 spiro atoms. The molecule has 0 aliphatic rings. The van der Waals surface area contributed by atoms with Crippen LogP contribution in [-0.2, 0) is 0 Å². The molecule has 2 nitrogen and oxygen atoms in total. The first kappa shape index (κ1) is 14.9. The monoisotopic (exact) mass is 214 g/mol. The second-order valence-electron chi connectivity index (χ2n) is 5.34. The molecule has 2 heteroatoms. The lowest BCUT2D eigenvalue weighted by atomic mass is 10.1. The minimum atomic E-state index is 0.669. The maximum atomic E-state index is 3.53. The number of rotatable bonds is 8. The number of nitrogens with one attached hydrogen (secondary N) is 1. The average molecular weight is 214 g/mol. The van der Waals surface area contributed by atoms with Gasteiger partial charge in [0.2, 0.25) is 0 Å². The summed E-state index contributed by atoms with van der Waals surface area (Å²) < 4.78 is 0. The van der Waals surface area contributed by atoms with Gasteiger partial charge >= 0.3 is 0 Å². The molecule has 15 heavy (non-hydrogen) atoms. The highest BCUT2D eigenvalue weighted by Gasteiger charge is 2.11. The zero-order chi connectivity index (χ0) is 11.8. The molecule has 0 saturated carbocycles. The highest BCUT2D eigenvalue weighted by atomic mass is 15.1. The van der Waals surface area contributed by atoms with E-state index in [9.17, 15) is 0 Å². The molecule has 1 atom stereocenters. The van der Waals surface area contributed by atoms with Crippen molar-refractivity contribution in [2.24, 2.45) is 11.8 Å². The standard InChI is InChI=1S/C13H30N2/c1-7-15(12(4)5)10-13(6)9-14-8-11(2)3/h11-14H,7-10H2,1-6H3. The van der Waals surface area contributed by atoms with E-state index >= 15 is 0 Å². The van der Waals surface area contributed by atoms with Crippen molar-refractivity contribution in [3.63, 3.8) is 0 Å². The Bertz CT molecular complexity index is 143. The van der Waals surface area contributed by atoms with Crippen LogP contribution >= 0.6 is 0 Å². The van der Waals surface area contributed by atoms with Crippen LogP contribution in [0.1, 0.15) is 41.5 Å². The fraction of sp³-hybridized carbons (Fsp3) is 1.00. The minimum absolute atomic E-state index is 0.669. The molecule has 0 radical (unpaired) electrons. The third-order valence-corrected chi connectivity index (χ3v) is 2.73. The minimum Gasteiger partial charge on any atom is -0.316 e. The topological polar surface area (TPSA) is 15.3 Å². The largest absolute Gasteiger partial charge is 0.316 e. The smallest absolute Gasteiger partial charge is 0.00385 e. The maximum absolute atomic E-state index is 3.53. The van der Waals surface area contributed by atoms with Crippen molar-refractivity contribution in [3.05, 3.63) is 0 Å². The van der Waals surface area contributed by atoms with E-state index in [1.807, 2.05) is 0 Å². The van der Waals surface area contributed by atoms with Crippen LogP contribution < -0.4 is 5.32 Å². The van der Waals surface area contributed by atoms with Gasteiger partial charge in [-0.25, -0.2) is 0 Å². The molecule has 0 amide bonds. The quantitative estimate of drug-likeness (QED) is 0.668. The summed E-state index contributed by atoms with van der Waals surface area (Å²) in [5.74, 6) is 1.50. The summed E-state index contributed by atoms with van der Waals surface area (Å²) in [6, 6.07) is 0.669. The van der Waals surface area contributed by atoms with Gasteiger partial charge in [-0.05, 0) is 45.3 Å². The van der Waals surface area contributed by atoms with E-state index in [2.05, 4.69) is 51.8 Å². The van der Waals surface area contributed by atoms with Gasteiger partial charge in [-0.3, -0.25) is 0 Å². The fourth-order valence-electron chi connectivity index (χ4n) is 1.79. The molecular weight excluding hydrogens is 184 g/mol. The van der Waals surface area contributed by atoms with Crippen LogP contribution in [0.15, 0.2) is 0 Å². The Balaban J connectivity index is 3.66. The zero-order valence-electron chi connectivity index (χ0n) is 11.5. The molecule has 1 N–H and O–H groups in total. The molecule has 0 aromatic carbocycles. The lowest BCUT2D eigenvalue weighted by molar-refractivity contribution is 0.200. The Kier molecular flexibility index (Phi) is 8.07. The summed E-state index contributed by atoms with van der Waals surface area (Å²) in [6.45, 7) is 18.3. The lowest BCUT2D eigenvalue weighted by Gasteiger charge is -2.28. The van der Waals surface area contributed by atoms with Crippen LogP contribution in [0.2, 0.25) is 0 Å². The van der Waals surface area contributed by atoms with Crippen LogP contribution in [0, 0.1) is 11.8 Å². The SMILES string of the molecule is CCN(CC(C)CNCC(C)C)C(C)C. The Morgan fingerprint density at radius 3 is 2.00 bits per heavy atom. The normalized spacial score (nSPS) is 14.2. The maximum Gasteiger partial charge on any atom is 0.00385 e. The molecule has 0 heterocycles. The third kappa shape index (κ3) is 7.80. The molecule has 0 aromatic rings. The highest BCUT2D eigenvalue weighted by molar-refractivity contribution is 4.67. The van der Waals surface area contributed by atoms with Gasteiger partial charge in [-0.2, -0.15) is 0 Å². The summed E-state index contributed by atoms with van der Waals surface area (Å²) in [5, 5.41) is 3.53. The molecule has 0 saturated heterocycles. The first-order valence-corrected chi connectivity index (χ1v) is 6.42. The Morgan fingerprint density at radius 1 is 1.00 bits per heavy atom. The summed E-state index contributed by atoms with van der Waals surface area (Å²) >= 11 is 0. The zero-order valence-corrected chi connectivity index (χ0v) is 11.5. The average Bonchev–Trinajstić information content (AvgIpc) is 2.13. The Labute approximate surface area is 96.4 Å². The molecular formula is C13H30N2. The lowest BCUT2D eigenvalue weighted by Crippen LogP contribution is -2.38. The molecule has 0 aromatic heterocycles. The van der Waals surface area contributed by atoms with Gasteiger partial charge in [0.05, 0.1) is 0 Å². The van der Waals surface area contributed by atoms with E-state index in [0.29, 0.717) is 6.04 Å². The van der Waals surface area contributed by atoms with E-state index in [1.165, 1.54) is 6.54 Å². The first-order chi connectivity index (χ1) is 6.97. The second-order valence-corrected chi connectivity index (χ2v) is 5.34. The van der Waals surface area contributed by atoms with Gasteiger partial charge in [0.25, 0.3) is 0 Å². The third-order valence-electron chi connectivity index (χ3n) is 2.73. The van der Waals surface area contributed by atoms with Crippen LogP contribution in [0.3, 0.4) is 0 Å². The van der Waals surface area contributed by atoms with Crippen LogP contribution in [0.4, 0.5) is 0 Å². The van der Waals surface area contributed by atoms with Crippen molar-refractivity contribution in [2.45, 2.75) is 47.6 Å². The first-order valence-electron chi connectivity index (χ1n) is 6.42. The molecule has 0 bridgehead atoms. The van der Waals surface area contributed by atoms with E-state index in [0.717, 1.165) is 31.5 Å². The van der Waals surface area contributed by atoms with Crippen molar-refractivity contribution >= 4 is 0 Å². The van der Waals surface area contributed by atoms with Crippen molar-refractivity contribution in [1.29, 1.82) is 0 Å². The molecule has 0 aliphatic carbocycles. The van der Waals surface area contributed by atoms with Crippen LogP contribution in [0.25, 0.3) is 0 Å². The highest BCUT2D eigenvalue weighted by Crippen LogP contribution is 2.03. The Hall–Kier alpha value is -0.0800. The Morgan fingerprint density at radius 2 is 1.60 bits per heavy atom. The number of nitrogens with zero attached hydrogens (tertiary/aromatic N) is 1. The van der Waals surface area contributed by atoms with Gasteiger partial charge in [0.15, 0.2) is 0 Å². The van der Waals surface area contributed by atoms with Gasteiger partial charge in [0.1, 0.15) is 0 Å². The summed E-state index contributed by atoms with van der Waals surface area (Å²) in [6.07, 6.45) is 0. The number of hydrogen-bond acceptors (Lipinski definition) is 2. The summed E-state index contributed by atoms with van der Waals surface area (Å²) in [7, 11) is 0. The van der Waals surface area contributed by atoms with Crippen LogP contribution in [0.5, 0.6) is 0 Å². The molecule has 0 fully saturated rings. The molecule has 92 valence electrons. The van der Waals surface area contributed by atoms with E-state index in [4.69, 9.17) is 0 Å². The van der Waals surface area contributed by atoms with Crippen molar-refractivity contribution < 1.29 is 0 Å². The van der Waals surface area contributed by atoms with Crippen molar-refractivity contribution in [3.8, 4) is 0 Å². The van der Waals surface area contributed by atoms with Gasteiger partial charge in [0, 0.05) is 12.6 Å². The summed E-state index contributed by atoms with van der Waals surface area (Å²) in [5.41, 5.74) is 0. The van der Waals surface area contributed by atoms with E-state index < -0.39 is 0 Å². The predicted molar refractivity (Wildman–Crippen MR) is 69.3 cm³/mol. The molecule has 0 rings (SSSR count). The fourth-order valence-corrected chi connectivity index (χ4v) is 1.79. The van der Waals surface area contributed by atoms with Crippen molar-refractivity contribution in [1.82, 2.24) is 10.2 Å². The molecule has 1 unspecified atom stereocenters. The predicted octanol–water partition coefficient (Wildman–Crippen LogP) is 2.60. The number of hydrogen-bond donors (Lipinski definition) is 1. The van der Waals surface area contributed by atoms with Crippen molar-refractivity contribution in [2.75, 3.05) is 26.2 Å². The van der Waals surface area contributed by atoms with Crippen LogP contribution in [-0.4, -0.2) is 37.1 Å². The van der Waals surface area contributed by atoms with Gasteiger partial charge in [-0.1, -0.05) is 27.7 Å². The summed E-state index contributed by atoms with van der Waals surface area (Å²) in [4.78, 5) is 2.53. The molecule has 0 aliphatic heterocycles. The second kappa shape index (κ2) is 8.12. The van der Waals surface area contributed by atoms with Gasteiger partial charge < -0.3 is 10.2 Å². The van der Waals surface area contributed by atoms with Gasteiger partial charge in [-0.15, -0.1) is 0 Å².